The average Bonchev–Trinajstić information content (AvgIpc) is 2.79. The quantitative estimate of drug-likeness (QED) is 0.583. The van der Waals surface area contributed by atoms with Crippen LogP contribution in [0.1, 0.15) is 33.7 Å². The molecule has 164 valence electrons. The molecular formula is C27H32ClNO2. The van der Waals surface area contributed by atoms with Gasteiger partial charge in [-0.3, -0.25) is 4.90 Å². The summed E-state index contributed by atoms with van der Waals surface area (Å²) in [5, 5.41) is 12.5. The molecule has 1 aliphatic rings. The van der Waals surface area contributed by atoms with E-state index in [2.05, 4.69) is 91.5 Å². The van der Waals surface area contributed by atoms with Crippen LogP contribution in [0.4, 0.5) is 0 Å². The van der Waals surface area contributed by atoms with Crippen molar-refractivity contribution < 1.29 is 9.84 Å². The normalized spacial score (nSPS) is 15.8. The van der Waals surface area contributed by atoms with E-state index in [0.717, 1.165) is 49.5 Å². The lowest BCUT2D eigenvalue weighted by Gasteiger charge is -2.41. The SMILES string of the molecule is Cc1ccc(C(O)(c2ccc(C)cc2)C(CN2CCOCC2)c2ccccc2)cc1.Cl. The third-order valence-corrected chi connectivity index (χ3v) is 6.23. The fourth-order valence-corrected chi connectivity index (χ4v) is 4.39. The number of aliphatic hydroxyl groups is 1. The maximum Gasteiger partial charge on any atom is 0.123 e. The first-order valence-corrected chi connectivity index (χ1v) is 10.8. The van der Waals surface area contributed by atoms with Gasteiger partial charge in [0.15, 0.2) is 0 Å². The number of halogens is 1. The second kappa shape index (κ2) is 10.4. The molecule has 0 bridgehead atoms. The van der Waals surface area contributed by atoms with Crippen LogP contribution in [0.5, 0.6) is 0 Å². The molecule has 1 aliphatic heterocycles. The Morgan fingerprint density at radius 3 is 1.77 bits per heavy atom. The number of ether oxygens (including phenoxy) is 1. The van der Waals surface area contributed by atoms with E-state index in [1.807, 2.05) is 6.07 Å². The Morgan fingerprint density at radius 2 is 1.29 bits per heavy atom. The van der Waals surface area contributed by atoms with E-state index in [0.29, 0.717) is 0 Å². The van der Waals surface area contributed by atoms with Crippen LogP contribution in [0.3, 0.4) is 0 Å². The highest BCUT2D eigenvalue weighted by Gasteiger charge is 2.42. The zero-order chi connectivity index (χ0) is 21.0. The zero-order valence-electron chi connectivity index (χ0n) is 18.3. The smallest absolute Gasteiger partial charge is 0.123 e. The standard InChI is InChI=1S/C27H31NO2.ClH/c1-21-8-12-24(13-9-21)27(29,25-14-10-22(2)11-15-25)26(23-6-4-3-5-7-23)20-28-16-18-30-19-17-28;/h3-15,26,29H,16-20H2,1-2H3;1H. The van der Waals surface area contributed by atoms with Gasteiger partial charge in [-0.25, -0.2) is 0 Å². The van der Waals surface area contributed by atoms with E-state index in [4.69, 9.17) is 4.74 Å². The predicted molar refractivity (Wildman–Crippen MR) is 129 cm³/mol. The topological polar surface area (TPSA) is 32.7 Å². The molecule has 1 saturated heterocycles. The molecule has 0 aliphatic carbocycles. The molecule has 1 fully saturated rings. The van der Waals surface area contributed by atoms with Gasteiger partial charge >= 0.3 is 0 Å². The highest BCUT2D eigenvalue weighted by Crippen LogP contribution is 2.43. The van der Waals surface area contributed by atoms with E-state index in [1.165, 1.54) is 11.1 Å². The summed E-state index contributed by atoms with van der Waals surface area (Å²) >= 11 is 0. The summed E-state index contributed by atoms with van der Waals surface area (Å²) in [5.41, 5.74) is 4.25. The monoisotopic (exact) mass is 437 g/mol. The van der Waals surface area contributed by atoms with Crippen molar-refractivity contribution in [1.29, 1.82) is 0 Å². The van der Waals surface area contributed by atoms with Crippen molar-refractivity contribution in [3.63, 3.8) is 0 Å². The number of hydrogen-bond acceptors (Lipinski definition) is 3. The van der Waals surface area contributed by atoms with Gasteiger partial charge in [-0.05, 0) is 30.5 Å². The molecule has 3 aromatic carbocycles. The number of hydrogen-bond donors (Lipinski definition) is 1. The molecule has 1 heterocycles. The van der Waals surface area contributed by atoms with Crippen LogP contribution in [0.15, 0.2) is 78.9 Å². The van der Waals surface area contributed by atoms with Crippen LogP contribution in [-0.4, -0.2) is 42.9 Å². The van der Waals surface area contributed by atoms with Crippen molar-refractivity contribution in [2.75, 3.05) is 32.8 Å². The molecule has 0 radical (unpaired) electrons. The van der Waals surface area contributed by atoms with Gasteiger partial charge in [-0.15, -0.1) is 12.4 Å². The van der Waals surface area contributed by atoms with Crippen LogP contribution in [0, 0.1) is 13.8 Å². The Balaban J connectivity index is 0.00000272. The van der Waals surface area contributed by atoms with E-state index >= 15 is 0 Å². The average molecular weight is 438 g/mol. The van der Waals surface area contributed by atoms with Crippen LogP contribution in [0.25, 0.3) is 0 Å². The van der Waals surface area contributed by atoms with Crippen LogP contribution in [-0.2, 0) is 10.3 Å². The Kier molecular flexibility index (Phi) is 7.90. The van der Waals surface area contributed by atoms with Crippen molar-refractivity contribution in [3.05, 3.63) is 107 Å². The van der Waals surface area contributed by atoms with Crippen LogP contribution < -0.4 is 0 Å². The lowest BCUT2D eigenvalue weighted by molar-refractivity contribution is 0.000760. The summed E-state index contributed by atoms with van der Waals surface area (Å²) in [5.74, 6) is -0.109. The molecular weight excluding hydrogens is 406 g/mol. The minimum Gasteiger partial charge on any atom is -0.380 e. The zero-order valence-corrected chi connectivity index (χ0v) is 19.1. The molecule has 0 amide bonds. The van der Waals surface area contributed by atoms with E-state index in [-0.39, 0.29) is 18.3 Å². The maximum absolute atomic E-state index is 12.5. The van der Waals surface area contributed by atoms with Crippen molar-refractivity contribution in [2.24, 2.45) is 0 Å². The molecule has 0 aromatic heterocycles. The molecule has 4 heteroatoms. The molecule has 31 heavy (non-hydrogen) atoms. The van der Waals surface area contributed by atoms with E-state index < -0.39 is 5.60 Å². The van der Waals surface area contributed by atoms with Gasteiger partial charge in [0.1, 0.15) is 5.60 Å². The molecule has 0 spiro atoms. The second-order valence-electron chi connectivity index (χ2n) is 8.37. The van der Waals surface area contributed by atoms with Gasteiger partial charge in [-0.2, -0.15) is 0 Å². The maximum atomic E-state index is 12.5. The van der Waals surface area contributed by atoms with Crippen LogP contribution in [0.2, 0.25) is 0 Å². The second-order valence-corrected chi connectivity index (χ2v) is 8.37. The van der Waals surface area contributed by atoms with Gasteiger partial charge in [-0.1, -0.05) is 90.0 Å². The largest absolute Gasteiger partial charge is 0.380 e. The van der Waals surface area contributed by atoms with Gasteiger partial charge in [0.05, 0.1) is 13.2 Å². The molecule has 3 nitrogen and oxygen atoms in total. The summed E-state index contributed by atoms with van der Waals surface area (Å²) in [6, 6.07) is 27.1. The number of nitrogens with zero attached hydrogens (tertiary/aromatic N) is 1. The van der Waals surface area contributed by atoms with Gasteiger partial charge in [0.25, 0.3) is 0 Å². The van der Waals surface area contributed by atoms with Crippen molar-refractivity contribution in [3.8, 4) is 0 Å². The number of morpholine rings is 1. The number of rotatable bonds is 6. The minimum atomic E-state index is -1.14. The first-order chi connectivity index (χ1) is 14.6. The predicted octanol–water partition coefficient (Wildman–Crippen LogP) is 5.08. The van der Waals surface area contributed by atoms with Gasteiger partial charge in [0.2, 0.25) is 0 Å². The molecule has 1 atom stereocenters. The summed E-state index contributed by atoms with van der Waals surface area (Å²) in [7, 11) is 0. The number of aryl methyl sites for hydroxylation is 2. The Hall–Kier alpha value is -2.17. The minimum absolute atomic E-state index is 0. The summed E-state index contributed by atoms with van der Waals surface area (Å²) in [6.45, 7) is 8.20. The van der Waals surface area contributed by atoms with E-state index in [1.54, 1.807) is 0 Å². The molecule has 1 N–H and O–H groups in total. The summed E-state index contributed by atoms with van der Waals surface area (Å²) < 4.78 is 5.56. The lowest BCUT2D eigenvalue weighted by Crippen LogP contribution is -2.45. The highest BCUT2D eigenvalue weighted by atomic mass is 35.5. The van der Waals surface area contributed by atoms with Crippen LogP contribution >= 0.6 is 12.4 Å². The molecule has 0 saturated carbocycles. The third-order valence-electron chi connectivity index (χ3n) is 6.23. The molecule has 1 unspecified atom stereocenters. The van der Waals surface area contributed by atoms with Crippen molar-refractivity contribution in [1.82, 2.24) is 4.90 Å². The molecule has 4 rings (SSSR count). The van der Waals surface area contributed by atoms with Crippen molar-refractivity contribution >= 4 is 12.4 Å². The third kappa shape index (κ3) is 5.19. The summed E-state index contributed by atoms with van der Waals surface area (Å²) in [6.07, 6.45) is 0. The first kappa shape index (κ1) is 23.5. The molecule has 3 aromatic rings. The Labute approximate surface area is 192 Å². The summed E-state index contributed by atoms with van der Waals surface area (Å²) in [4.78, 5) is 2.41. The highest BCUT2D eigenvalue weighted by molar-refractivity contribution is 5.85. The number of benzene rings is 3. The van der Waals surface area contributed by atoms with E-state index in [9.17, 15) is 5.11 Å². The Bertz CT molecular complexity index is 890. The lowest BCUT2D eigenvalue weighted by atomic mass is 9.72. The fraction of sp³-hybridized carbons (Fsp3) is 0.333. The van der Waals surface area contributed by atoms with Crippen molar-refractivity contribution in [2.45, 2.75) is 25.4 Å². The van der Waals surface area contributed by atoms with Gasteiger partial charge in [0, 0.05) is 25.6 Å². The Morgan fingerprint density at radius 1 is 0.806 bits per heavy atom. The first-order valence-electron chi connectivity index (χ1n) is 10.8. The van der Waals surface area contributed by atoms with Gasteiger partial charge < -0.3 is 9.84 Å². The fourth-order valence-electron chi connectivity index (χ4n) is 4.39.